The third-order valence-corrected chi connectivity index (χ3v) is 5.47. The molecule has 0 unspecified atom stereocenters. The Balaban J connectivity index is 1.33. The van der Waals surface area contributed by atoms with E-state index in [-0.39, 0.29) is 5.91 Å². The van der Waals surface area contributed by atoms with E-state index >= 15 is 0 Å². The van der Waals surface area contributed by atoms with Gasteiger partial charge < -0.3 is 5.32 Å². The zero-order valence-electron chi connectivity index (χ0n) is 17.5. The first kappa shape index (κ1) is 22.0. The van der Waals surface area contributed by atoms with E-state index < -0.39 is 0 Å². The summed E-state index contributed by atoms with van der Waals surface area (Å²) >= 11 is 1.63. The van der Waals surface area contributed by atoms with Crippen molar-refractivity contribution in [2.24, 2.45) is 0 Å². The predicted octanol–water partition coefficient (Wildman–Crippen LogP) is 3.80. The van der Waals surface area contributed by atoms with Crippen LogP contribution in [0.5, 0.6) is 0 Å². The first-order chi connectivity index (χ1) is 14.7. The van der Waals surface area contributed by atoms with Gasteiger partial charge in [0.25, 0.3) is 0 Å². The largest absolute Gasteiger partial charge is 0.324 e. The summed E-state index contributed by atoms with van der Waals surface area (Å²) in [6.07, 6.45) is 5.05. The second kappa shape index (κ2) is 11.5. The van der Waals surface area contributed by atoms with Crippen LogP contribution in [0, 0.1) is 0 Å². The Morgan fingerprint density at radius 2 is 1.83 bits per heavy atom. The first-order valence-corrected chi connectivity index (χ1v) is 11.3. The molecule has 1 aromatic heterocycles. The number of hydrogen-bond donors (Lipinski definition) is 1. The molecule has 0 aliphatic heterocycles. The number of thioether (sulfide) groups is 1. The van der Waals surface area contributed by atoms with Gasteiger partial charge in [0.05, 0.1) is 18.8 Å². The van der Waals surface area contributed by atoms with Crippen molar-refractivity contribution in [3.8, 4) is 11.4 Å². The van der Waals surface area contributed by atoms with Crippen molar-refractivity contribution in [3.63, 3.8) is 0 Å². The third-order valence-electron chi connectivity index (χ3n) is 4.68. The summed E-state index contributed by atoms with van der Waals surface area (Å²) in [6, 6.07) is 17.7. The molecule has 0 radical (unpaired) electrons. The van der Waals surface area contributed by atoms with Crippen LogP contribution in [0.4, 0.5) is 5.69 Å². The number of carbonyl (C=O) groups excluding carboxylic acids is 1. The highest BCUT2D eigenvalue weighted by atomic mass is 32.2. The van der Waals surface area contributed by atoms with Gasteiger partial charge in [-0.15, -0.1) is 22.0 Å². The number of unbranched alkanes of at least 4 members (excludes halogenated alkanes) is 2. The van der Waals surface area contributed by atoms with E-state index in [0.717, 1.165) is 48.5 Å². The van der Waals surface area contributed by atoms with Gasteiger partial charge in [-0.2, -0.15) is 4.80 Å². The molecule has 0 aliphatic carbocycles. The monoisotopic (exact) mass is 424 g/mol. The van der Waals surface area contributed by atoms with Gasteiger partial charge in [0.15, 0.2) is 0 Å². The zero-order valence-corrected chi connectivity index (χ0v) is 18.3. The van der Waals surface area contributed by atoms with Crippen molar-refractivity contribution in [1.29, 1.82) is 0 Å². The smallest absolute Gasteiger partial charge is 0.238 e. The maximum Gasteiger partial charge on any atom is 0.238 e. The molecule has 0 saturated carbocycles. The van der Waals surface area contributed by atoms with Crippen molar-refractivity contribution in [2.45, 2.75) is 30.7 Å². The summed E-state index contributed by atoms with van der Waals surface area (Å²) in [5.74, 6) is 0.670. The molecule has 158 valence electrons. The number of hydrogen-bond acceptors (Lipinski definition) is 6. The molecule has 0 spiro atoms. The number of anilines is 1. The SMILES string of the molecule is CSc1ccccc1NC(=O)CN(C)CCCCCn1nnc(-c2ccccc2)n1. The number of nitrogens with one attached hydrogen (secondary N) is 1. The minimum atomic E-state index is 0.0132. The Kier molecular flexibility index (Phi) is 8.41. The van der Waals surface area contributed by atoms with Gasteiger partial charge in [-0.3, -0.25) is 9.69 Å². The van der Waals surface area contributed by atoms with Crippen LogP contribution < -0.4 is 5.32 Å². The van der Waals surface area contributed by atoms with Crippen molar-refractivity contribution in [1.82, 2.24) is 25.1 Å². The molecule has 3 aromatic rings. The molecule has 1 N–H and O–H groups in total. The van der Waals surface area contributed by atoms with Gasteiger partial charge in [-0.1, -0.05) is 48.9 Å². The molecule has 0 atom stereocenters. The van der Waals surface area contributed by atoms with Gasteiger partial charge in [-0.05, 0) is 50.0 Å². The molecule has 8 heteroatoms. The molecular weight excluding hydrogens is 396 g/mol. The minimum Gasteiger partial charge on any atom is -0.324 e. The lowest BCUT2D eigenvalue weighted by atomic mass is 10.2. The number of para-hydroxylation sites is 1. The maximum atomic E-state index is 12.3. The third kappa shape index (κ3) is 6.67. The maximum absolute atomic E-state index is 12.3. The molecule has 1 heterocycles. The number of nitrogens with zero attached hydrogens (tertiary/aromatic N) is 5. The quantitative estimate of drug-likeness (QED) is 0.373. The van der Waals surface area contributed by atoms with Gasteiger partial charge in [0.1, 0.15) is 0 Å². The summed E-state index contributed by atoms with van der Waals surface area (Å²) < 4.78 is 0. The van der Waals surface area contributed by atoms with Crippen molar-refractivity contribution >= 4 is 23.4 Å². The van der Waals surface area contributed by atoms with Crippen LogP contribution in [0.15, 0.2) is 59.5 Å². The lowest BCUT2D eigenvalue weighted by Crippen LogP contribution is -2.31. The Morgan fingerprint density at radius 1 is 1.07 bits per heavy atom. The van der Waals surface area contributed by atoms with E-state index in [2.05, 4.69) is 25.6 Å². The van der Waals surface area contributed by atoms with E-state index in [9.17, 15) is 4.79 Å². The number of aryl methyl sites for hydroxylation is 1. The van der Waals surface area contributed by atoms with Crippen molar-refractivity contribution in [3.05, 3.63) is 54.6 Å². The highest BCUT2D eigenvalue weighted by Crippen LogP contribution is 2.24. The van der Waals surface area contributed by atoms with Gasteiger partial charge in [-0.25, -0.2) is 0 Å². The normalized spacial score (nSPS) is 11.0. The van der Waals surface area contributed by atoms with E-state index in [1.807, 2.05) is 67.9 Å². The van der Waals surface area contributed by atoms with Crippen molar-refractivity contribution < 1.29 is 4.79 Å². The summed E-state index contributed by atoms with van der Waals surface area (Å²) in [5, 5.41) is 15.7. The molecular formula is C22H28N6OS. The number of benzene rings is 2. The fourth-order valence-electron chi connectivity index (χ4n) is 3.11. The molecule has 30 heavy (non-hydrogen) atoms. The summed E-state index contributed by atoms with van der Waals surface area (Å²) in [5.41, 5.74) is 1.85. The van der Waals surface area contributed by atoms with E-state index in [1.165, 1.54) is 0 Å². The Morgan fingerprint density at radius 3 is 2.63 bits per heavy atom. The van der Waals surface area contributed by atoms with E-state index in [1.54, 1.807) is 16.6 Å². The second-order valence-electron chi connectivity index (χ2n) is 7.12. The topological polar surface area (TPSA) is 75.9 Å². The molecule has 3 rings (SSSR count). The summed E-state index contributed by atoms with van der Waals surface area (Å²) in [7, 11) is 1.98. The lowest BCUT2D eigenvalue weighted by Gasteiger charge is -2.17. The average molecular weight is 425 g/mol. The number of aromatic nitrogens is 4. The second-order valence-corrected chi connectivity index (χ2v) is 7.97. The molecule has 2 aromatic carbocycles. The molecule has 0 bridgehead atoms. The van der Waals surface area contributed by atoms with E-state index in [0.29, 0.717) is 12.4 Å². The number of carbonyl (C=O) groups is 1. The fraction of sp³-hybridized carbons (Fsp3) is 0.364. The van der Waals surface area contributed by atoms with Crippen LogP contribution in [0.25, 0.3) is 11.4 Å². The number of amides is 1. The average Bonchev–Trinajstić information content (AvgIpc) is 3.23. The van der Waals surface area contributed by atoms with Crippen LogP contribution in [-0.2, 0) is 11.3 Å². The molecule has 0 aliphatic rings. The number of likely N-dealkylation sites (N-methyl/N-ethyl adjacent to an activating group) is 1. The highest BCUT2D eigenvalue weighted by Gasteiger charge is 2.09. The van der Waals surface area contributed by atoms with Gasteiger partial charge in [0.2, 0.25) is 11.7 Å². The lowest BCUT2D eigenvalue weighted by molar-refractivity contribution is -0.117. The highest BCUT2D eigenvalue weighted by molar-refractivity contribution is 7.98. The Bertz CT molecular complexity index is 930. The standard InChI is InChI=1S/C22H28N6OS/c1-27(17-21(29)23-19-13-7-8-14-20(19)30-2)15-9-4-10-16-28-25-22(24-26-28)18-11-5-3-6-12-18/h3,5-8,11-14H,4,9-10,15-17H2,1-2H3,(H,23,29). The fourth-order valence-corrected chi connectivity index (χ4v) is 3.67. The van der Waals surface area contributed by atoms with Crippen LogP contribution in [0.2, 0.25) is 0 Å². The molecule has 0 saturated heterocycles. The molecule has 1 amide bonds. The van der Waals surface area contributed by atoms with Crippen molar-refractivity contribution in [2.75, 3.05) is 31.7 Å². The Hall–Kier alpha value is -2.71. The van der Waals surface area contributed by atoms with Gasteiger partial charge in [0, 0.05) is 10.5 Å². The summed E-state index contributed by atoms with van der Waals surface area (Å²) in [6.45, 7) is 2.00. The van der Waals surface area contributed by atoms with Crippen LogP contribution in [0.1, 0.15) is 19.3 Å². The molecule has 0 fully saturated rings. The predicted molar refractivity (Wildman–Crippen MR) is 121 cm³/mol. The van der Waals surface area contributed by atoms with Crippen LogP contribution in [-0.4, -0.2) is 57.4 Å². The first-order valence-electron chi connectivity index (χ1n) is 10.1. The van der Waals surface area contributed by atoms with Crippen LogP contribution in [0.3, 0.4) is 0 Å². The van der Waals surface area contributed by atoms with E-state index in [4.69, 9.17) is 0 Å². The van der Waals surface area contributed by atoms with Crippen LogP contribution >= 0.6 is 11.8 Å². The summed E-state index contributed by atoms with van der Waals surface area (Å²) in [4.78, 5) is 17.1. The number of rotatable bonds is 11. The number of tetrazole rings is 1. The zero-order chi connectivity index (χ0) is 21.2. The molecule has 7 nitrogen and oxygen atoms in total. The Labute approximate surface area is 181 Å². The minimum absolute atomic E-state index is 0.0132. The van der Waals surface area contributed by atoms with Gasteiger partial charge >= 0.3 is 0 Å².